The Balaban J connectivity index is 1.78. The number of amides is 1. The quantitative estimate of drug-likeness (QED) is 0.826. The van der Waals surface area contributed by atoms with Gasteiger partial charge in [-0.1, -0.05) is 19.1 Å². The van der Waals surface area contributed by atoms with E-state index in [2.05, 4.69) is 11.9 Å². The first-order valence-corrected chi connectivity index (χ1v) is 10.5. The van der Waals surface area contributed by atoms with E-state index in [4.69, 9.17) is 0 Å². The van der Waals surface area contributed by atoms with Gasteiger partial charge in [-0.3, -0.25) is 9.78 Å². The summed E-state index contributed by atoms with van der Waals surface area (Å²) in [6, 6.07) is 8.50. The lowest BCUT2D eigenvalue weighted by Crippen LogP contribution is -2.38. The number of aromatic nitrogens is 1. The number of sulfone groups is 1. The lowest BCUT2D eigenvalue weighted by atomic mass is 9.99. The van der Waals surface area contributed by atoms with Gasteiger partial charge in [0.1, 0.15) is 0 Å². The number of hydrogen-bond donors (Lipinski definition) is 0. The Labute approximate surface area is 155 Å². The van der Waals surface area contributed by atoms with Crippen LogP contribution < -0.4 is 0 Å². The number of hydrogen-bond acceptors (Lipinski definition) is 4. The van der Waals surface area contributed by atoms with Crippen LogP contribution in [0.5, 0.6) is 0 Å². The number of rotatable bonds is 4. The molecule has 5 nitrogen and oxygen atoms in total. The molecule has 0 radical (unpaired) electrons. The summed E-state index contributed by atoms with van der Waals surface area (Å²) < 4.78 is 25.3. The van der Waals surface area contributed by atoms with Gasteiger partial charge in [-0.05, 0) is 55.0 Å². The molecule has 2 heterocycles. The lowest BCUT2D eigenvalue weighted by molar-refractivity contribution is 0.0696. The molecule has 0 aliphatic carbocycles. The molecule has 1 saturated heterocycles. The minimum atomic E-state index is -3.48. The number of piperidine rings is 1. The zero-order valence-electron chi connectivity index (χ0n) is 15.2. The largest absolute Gasteiger partial charge is 0.339 e. The molecule has 26 heavy (non-hydrogen) atoms. The van der Waals surface area contributed by atoms with Crippen LogP contribution in [0.2, 0.25) is 0 Å². The van der Waals surface area contributed by atoms with Crippen molar-refractivity contribution in [2.75, 3.05) is 13.1 Å². The molecule has 0 atom stereocenters. The molecule has 0 unspecified atom stereocenters. The molecular weight excluding hydrogens is 348 g/mol. The van der Waals surface area contributed by atoms with Crippen LogP contribution in [-0.2, 0) is 15.6 Å². The first-order chi connectivity index (χ1) is 12.3. The van der Waals surface area contributed by atoms with Gasteiger partial charge in [0, 0.05) is 25.5 Å². The standard InChI is InChI=1S/C20H24N2O3S/c1-15-6-8-22(9-7-15)20(23)18-11-17(12-21-13-18)14-26(24,25)19-5-3-4-16(2)10-19/h3-5,10-13,15H,6-9,14H2,1-2H3. The van der Waals surface area contributed by atoms with Gasteiger partial charge in [0.2, 0.25) is 0 Å². The molecule has 138 valence electrons. The minimum absolute atomic E-state index is 0.0702. The van der Waals surface area contributed by atoms with E-state index in [0.29, 0.717) is 21.9 Å². The first-order valence-electron chi connectivity index (χ1n) is 8.88. The summed E-state index contributed by atoms with van der Waals surface area (Å²) in [4.78, 5) is 18.9. The van der Waals surface area contributed by atoms with Crippen LogP contribution >= 0.6 is 0 Å². The summed E-state index contributed by atoms with van der Waals surface area (Å²) in [5.74, 6) is 0.406. The van der Waals surface area contributed by atoms with Gasteiger partial charge in [0.25, 0.3) is 5.91 Å². The Hall–Kier alpha value is -2.21. The van der Waals surface area contributed by atoms with Gasteiger partial charge in [-0.25, -0.2) is 8.42 Å². The number of benzene rings is 1. The third-order valence-electron chi connectivity index (χ3n) is 4.82. The van der Waals surface area contributed by atoms with Gasteiger partial charge < -0.3 is 4.90 Å². The average Bonchev–Trinajstić information content (AvgIpc) is 2.62. The second-order valence-corrected chi connectivity index (χ2v) is 9.12. The van der Waals surface area contributed by atoms with E-state index in [-0.39, 0.29) is 11.7 Å². The zero-order valence-corrected chi connectivity index (χ0v) is 16.0. The van der Waals surface area contributed by atoms with Crippen molar-refractivity contribution in [3.05, 3.63) is 59.4 Å². The van der Waals surface area contributed by atoms with Crippen molar-refractivity contribution in [3.63, 3.8) is 0 Å². The molecule has 1 aromatic carbocycles. The molecule has 1 amide bonds. The Morgan fingerprint density at radius 2 is 1.92 bits per heavy atom. The van der Waals surface area contributed by atoms with Crippen molar-refractivity contribution in [3.8, 4) is 0 Å². The van der Waals surface area contributed by atoms with Gasteiger partial charge in [0.05, 0.1) is 16.2 Å². The second kappa shape index (κ2) is 7.58. The summed E-state index contributed by atoms with van der Waals surface area (Å²) in [6.45, 7) is 5.54. The summed E-state index contributed by atoms with van der Waals surface area (Å²) >= 11 is 0. The van der Waals surface area contributed by atoms with Crippen molar-refractivity contribution in [1.82, 2.24) is 9.88 Å². The van der Waals surface area contributed by atoms with E-state index >= 15 is 0 Å². The Kier molecular flexibility index (Phi) is 5.41. The molecular formula is C20H24N2O3S. The summed E-state index contributed by atoms with van der Waals surface area (Å²) in [7, 11) is -3.48. The fourth-order valence-corrected chi connectivity index (χ4v) is 4.60. The van der Waals surface area contributed by atoms with Gasteiger partial charge in [0.15, 0.2) is 9.84 Å². The fraction of sp³-hybridized carbons (Fsp3) is 0.400. The Morgan fingerprint density at radius 1 is 1.19 bits per heavy atom. The van der Waals surface area contributed by atoms with Crippen molar-refractivity contribution in [2.24, 2.45) is 5.92 Å². The molecule has 1 aromatic heterocycles. The maximum absolute atomic E-state index is 12.7. The number of pyridine rings is 1. The van der Waals surface area contributed by atoms with Gasteiger partial charge >= 0.3 is 0 Å². The molecule has 0 N–H and O–H groups in total. The fourth-order valence-electron chi connectivity index (χ4n) is 3.19. The predicted octanol–water partition coefficient (Wildman–Crippen LogP) is 3.24. The van der Waals surface area contributed by atoms with Crippen LogP contribution in [0.3, 0.4) is 0 Å². The molecule has 6 heteroatoms. The molecule has 1 fully saturated rings. The second-order valence-electron chi connectivity index (χ2n) is 7.13. The van der Waals surface area contributed by atoms with Crippen LogP contribution in [0.4, 0.5) is 0 Å². The van der Waals surface area contributed by atoms with E-state index in [1.54, 1.807) is 24.3 Å². The molecule has 1 aliphatic heterocycles. The van der Waals surface area contributed by atoms with Gasteiger partial charge in [-0.2, -0.15) is 0 Å². The maximum Gasteiger partial charge on any atom is 0.255 e. The highest BCUT2D eigenvalue weighted by Gasteiger charge is 2.22. The van der Waals surface area contributed by atoms with E-state index in [1.165, 1.54) is 12.4 Å². The molecule has 0 spiro atoms. The van der Waals surface area contributed by atoms with E-state index < -0.39 is 9.84 Å². The third-order valence-corrected chi connectivity index (χ3v) is 6.50. The average molecular weight is 372 g/mol. The highest BCUT2D eigenvalue weighted by molar-refractivity contribution is 7.90. The highest BCUT2D eigenvalue weighted by Crippen LogP contribution is 2.20. The van der Waals surface area contributed by atoms with E-state index in [9.17, 15) is 13.2 Å². The molecule has 2 aromatic rings. The lowest BCUT2D eigenvalue weighted by Gasteiger charge is -2.30. The van der Waals surface area contributed by atoms with E-state index in [1.807, 2.05) is 17.9 Å². The maximum atomic E-state index is 12.7. The topological polar surface area (TPSA) is 67.3 Å². The van der Waals surface area contributed by atoms with E-state index in [0.717, 1.165) is 31.5 Å². The zero-order chi connectivity index (χ0) is 18.7. The molecule has 3 rings (SSSR count). The van der Waals surface area contributed by atoms with Gasteiger partial charge in [-0.15, -0.1) is 0 Å². The van der Waals surface area contributed by atoms with Crippen molar-refractivity contribution >= 4 is 15.7 Å². The van der Waals surface area contributed by atoms with Crippen molar-refractivity contribution in [2.45, 2.75) is 37.3 Å². The summed E-state index contributed by atoms with van der Waals surface area (Å²) in [6.07, 6.45) is 5.03. The number of carbonyl (C=O) groups is 1. The Bertz CT molecular complexity index is 901. The molecule has 1 aliphatic rings. The van der Waals surface area contributed by atoms with Crippen molar-refractivity contribution in [1.29, 1.82) is 0 Å². The Morgan fingerprint density at radius 3 is 2.62 bits per heavy atom. The molecule has 0 bridgehead atoms. The summed E-state index contributed by atoms with van der Waals surface area (Å²) in [5.41, 5.74) is 1.88. The first kappa shape index (κ1) is 18.6. The highest BCUT2D eigenvalue weighted by atomic mass is 32.2. The normalized spacial score (nSPS) is 15.8. The third kappa shape index (κ3) is 4.30. The van der Waals surface area contributed by atoms with Crippen LogP contribution in [-0.4, -0.2) is 37.3 Å². The minimum Gasteiger partial charge on any atom is -0.339 e. The number of carbonyl (C=O) groups excluding carboxylic acids is 1. The van der Waals surface area contributed by atoms with Crippen LogP contribution in [0.25, 0.3) is 0 Å². The smallest absolute Gasteiger partial charge is 0.255 e. The number of nitrogens with zero attached hydrogens (tertiary/aromatic N) is 2. The monoisotopic (exact) mass is 372 g/mol. The van der Waals surface area contributed by atoms with Crippen LogP contribution in [0, 0.1) is 12.8 Å². The summed E-state index contributed by atoms with van der Waals surface area (Å²) in [5, 5.41) is 0. The van der Waals surface area contributed by atoms with Crippen LogP contribution in [0.15, 0.2) is 47.6 Å². The molecule has 0 saturated carbocycles. The number of likely N-dealkylation sites (tertiary alicyclic amines) is 1. The SMILES string of the molecule is Cc1cccc(S(=O)(=O)Cc2cncc(C(=O)N3CCC(C)CC3)c2)c1. The van der Waals surface area contributed by atoms with Crippen LogP contribution in [0.1, 0.15) is 41.3 Å². The predicted molar refractivity (Wildman–Crippen MR) is 101 cm³/mol. The number of aryl methyl sites for hydroxylation is 1. The van der Waals surface area contributed by atoms with Crippen molar-refractivity contribution < 1.29 is 13.2 Å².